The molecule has 0 aliphatic carbocycles. The number of cyclic esters (lactones) is 1. The summed E-state index contributed by atoms with van der Waals surface area (Å²) in [4.78, 5) is 11.5. The smallest absolute Gasteiger partial charge is 0.373 e. The minimum Gasteiger partial charge on any atom is -0.502 e. The molecule has 1 aromatic rings. The number of aliphatic hydroxyl groups excluding tert-OH is 1. The average Bonchev–Trinajstić information content (AvgIpc) is 2.84. The lowest BCUT2D eigenvalue weighted by Gasteiger charge is -2.38. The van der Waals surface area contributed by atoms with Gasteiger partial charge in [0.25, 0.3) is 0 Å². The molecule has 0 bridgehead atoms. The van der Waals surface area contributed by atoms with Crippen LogP contribution in [-0.4, -0.2) is 16.7 Å². The van der Waals surface area contributed by atoms with Gasteiger partial charge in [-0.15, -0.1) is 0 Å². The molecule has 2 heterocycles. The van der Waals surface area contributed by atoms with Crippen molar-refractivity contribution in [3.05, 3.63) is 34.2 Å². The number of rotatable bonds is 4. The molecule has 0 fully saturated rings. The monoisotopic (exact) mass is 266 g/mol. The van der Waals surface area contributed by atoms with Gasteiger partial charge in [-0.05, 0) is 47.2 Å². The highest BCUT2D eigenvalue weighted by Crippen LogP contribution is 2.35. The Morgan fingerprint density at radius 1 is 1.56 bits per heavy atom. The van der Waals surface area contributed by atoms with Gasteiger partial charge in [0, 0.05) is 6.42 Å². The minimum absolute atomic E-state index is 0.226. The minimum atomic E-state index is -0.597. The van der Waals surface area contributed by atoms with Gasteiger partial charge in [0.1, 0.15) is 5.60 Å². The van der Waals surface area contributed by atoms with Crippen LogP contribution in [0.3, 0.4) is 0 Å². The summed E-state index contributed by atoms with van der Waals surface area (Å²) in [5.41, 5.74) is 0.792. The summed E-state index contributed by atoms with van der Waals surface area (Å²) in [5, 5.41) is 13.5. The summed E-state index contributed by atoms with van der Waals surface area (Å²) in [6.45, 7) is 4.11. The van der Waals surface area contributed by atoms with Gasteiger partial charge in [0.2, 0.25) is 0 Å². The molecular formula is C14H18O3S. The van der Waals surface area contributed by atoms with Crippen LogP contribution in [0, 0.1) is 5.92 Å². The number of aliphatic hydroxyl groups is 1. The first-order chi connectivity index (χ1) is 8.53. The normalized spacial score (nSPS) is 23.9. The molecule has 98 valence electrons. The lowest BCUT2D eigenvalue weighted by molar-refractivity contribution is -0.167. The van der Waals surface area contributed by atoms with E-state index in [0.717, 1.165) is 12.8 Å². The third-order valence-corrected chi connectivity index (χ3v) is 4.35. The predicted octanol–water partition coefficient (Wildman–Crippen LogP) is 3.46. The summed E-state index contributed by atoms with van der Waals surface area (Å²) >= 11 is 1.67. The average molecular weight is 266 g/mol. The lowest BCUT2D eigenvalue weighted by atomic mass is 9.81. The molecule has 4 heteroatoms. The van der Waals surface area contributed by atoms with Crippen molar-refractivity contribution in [2.75, 3.05) is 0 Å². The summed E-state index contributed by atoms with van der Waals surface area (Å²) in [5.74, 6) is -0.633. The Balaban J connectivity index is 2.11. The van der Waals surface area contributed by atoms with Crippen molar-refractivity contribution in [2.24, 2.45) is 5.92 Å². The van der Waals surface area contributed by atoms with Crippen LogP contribution in [0.4, 0.5) is 0 Å². The Hall–Kier alpha value is -1.29. The zero-order valence-corrected chi connectivity index (χ0v) is 11.5. The molecule has 2 rings (SSSR count). The summed E-state index contributed by atoms with van der Waals surface area (Å²) in [6.07, 6.45) is 3.85. The van der Waals surface area contributed by atoms with Crippen molar-refractivity contribution in [1.29, 1.82) is 0 Å². The highest BCUT2D eigenvalue weighted by atomic mass is 32.1. The number of esters is 1. The van der Waals surface area contributed by atoms with Crippen LogP contribution in [-0.2, 0) is 16.0 Å². The molecule has 3 nitrogen and oxygen atoms in total. The number of hydrogen-bond acceptors (Lipinski definition) is 4. The van der Waals surface area contributed by atoms with E-state index >= 15 is 0 Å². The van der Waals surface area contributed by atoms with E-state index in [9.17, 15) is 9.90 Å². The molecule has 18 heavy (non-hydrogen) atoms. The standard InChI is InChI=1S/C14H18O3S/c1-10(2)14(6-3-11-5-8-18-9-11)7-4-12(15)13(16)17-14/h4-5,8-10,15H,3,6-7H2,1-2H3. The zero-order valence-electron chi connectivity index (χ0n) is 10.7. The molecule has 1 unspecified atom stereocenters. The first kappa shape index (κ1) is 13.1. The van der Waals surface area contributed by atoms with Crippen LogP contribution >= 0.6 is 11.3 Å². The van der Waals surface area contributed by atoms with Crippen LogP contribution in [0.15, 0.2) is 28.7 Å². The van der Waals surface area contributed by atoms with Crippen LogP contribution in [0.5, 0.6) is 0 Å². The van der Waals surface area contributed by atoms with Gasteiger partial charge in [0.15, 0.2) is 5.76 Å². The van der Waals surface area contributed by atoms with Gasteiger partial charge in [-0.3, -0.25) is 0 Å². The fourth-order valence-electron chi connectivity index (χ4n) is 2.22. The highest BCUT2D eigenvalue weighted by Gasteiger charge is 2.40. The fraction of sp³-hybridized carbons (Fsp3) is 0.500. The fourth-order valence-corrected chi connectivity index (χ4v) is 2.92. The summed E-state index contributed by atoms with van der Waals surface area (Å²) in [6, 6.07) is 2.09. The maximum Gasteiger partial charge on any atom is 0.373 e. The quantitative estimate of drug-likeness (QED) is 0.849. The number of ether oxygens (including phenoxy) is 1. The molecule has 1 aromatic heterocycles. The van der Waals surface area contributed by atoms with E-state index in [1.54, 1.807) is 17.4 Å². The molecule has 1 atom stereocenters. The Bertz CT molecular complexity index is 448. The number of thiophene rings is 1. The second-order valence-electron chi connectivity index (χ2n) is 5.03. The lowest BCUT2D eigenvalue weighted by Crippen LogP contribution is -2.43. The molecular weight excluding hydrogens is 248 g/mol. The van der Waals surface area contributed by atoms with Gasteiger partial charge in [-0.25, -0.2) is 4.79 Å². The van der Waals surface area contributed by atoms with Crippen molar-refractivity contribution in [1.82, 2.24) is 0 Å². The molecule has 1 aliphatic heterocycles. The van der Waals surface area contributed by atoms with Gasteiger partial charge in [-0.1, -0.05) is 13.8 Å². The summed E-state index contributed by atoms with van der Waals surface area (Å²) < 4.78 is 5.49. The van der Waals surface area contributed by atoms with Crippen molar-refractivity contribution in [3.8, 4) is 0 Å². The predicted molar refractivity (Wildman–Crippen MR) is 71.6 cm³/mol. The van der Waals surface area contributed by atoms with Crippen molar-refractivity contribution < 1.29 is 14.6 Å². The van der Waals surface area contributed by atoms with Gasteiger partial charge in [0.05, 0.1) is 0 Å². The second-order valence-corrected chi connectivity index (χ2v) is 5.81. The maximum absolute atomic E-state index is 11.5. The molecule has 0 aromatic carbocycles. The summed E-state index contributed by atoms with van der Waals surface area (Å²) in [7, 11) is 0. The Labute approximate surface area is 111 Å². The largest absolute Gasteiger partial charge is 0.502 e. The number of carbonyl (C=O) groups is 1. The third kappa shape index (κ3) is 2.58. The molecule has 0 spiro atoms. The van der Waals surface area contributed by atoms with Crippen molar-refractivity contribution >= 4 is 17.3 Å². The van der Waals surface area contributed by atoms with Gasteiger partial charge in [-0.2, -0.15) is 11.3 Å². The Kier molecular flexibility index (Phi) is 3.76. The van der Waals surface area contributed by atoms with E-state index in [1.165, 1.54) is 5.56 Å². The molecule has 1 aliphatic rings. The second kappa shape index (κ2) is 5.14. The van der Waals surface area contributed by atoms with Crippen LogP contribution < -0.4 is 0 Å². The van der Waals surface area contributed by atoms with Gasteiger partial charge >= 0.3 is 5.97 Å². The van der Waals surface area contributed by atoms with E-state index in [-0.39, 0.29) is 11.7 Å². The van der Waals surface area contributed by atoms with E-state index in [2.05, 4.69) is 30.7 Å². The van der Waals surface area contributed by atoms with E-state index in [1.807, 2.05) is 0 Å². The SMILES string of the molecule is CC(C)C1(CCc2ccsc2)CC=C(O)C(=O)O1. The highest BCUT2D eigenvalue weighted by molar-refractivity contribution is 7.07. The number of aryl methyl sites for hydroxylation is 1. The first-order valence-corrected chi connectivity index (χ1v) is 7.11. The van der Waals surface area contributed by atoms with Crippen LogP contribution in [0.1, 0.15) is 32.3 Å². The molecule has 0 amide bonds. The Morgan fingerprint density at radius 3 is 2.89 bits per heavy atom. The van der Waals surface area contributed by atoms with E-state index in [0.29, 0.717) is 6.42 Å². The van der Waals surface area contributed by atoms with E-state index < -0.39 is 11.6 Å². The van der Waals surface area contributed by atoms with Crippen LogP contribution in [0.25, 0.3) is 0 Å². The molecule has 1 N–H and O–H groups in total. The van der Waals surface area contributed by atoms with E-state index in [4.69, 9.17) is 4.74 Å². The maximum atomic E-state index is 11.5. The molecule has 0 saturated carbocycles. The number of hydrogen-bond donors (Lipinski definition) is 1. The molecule has 0 radical (unpaired) electrons. The Morgan fingerprint density at radius 2 is 2.33 bits per heavy atom. The first-order valence-electron chi connectivity index (χ1n) is 6.17. The van der Waals surface area contributed by atoms with Crippen molar-refractivity contribution in [2.45, 2.75) is 38.7 Å². The van der Waals surface area contributed by atoms with Crippen molar-refractivity contribution in [3.63, 3.8) is 0 Å². The third-order valence-electron chi connectivity index (χ3n) is 3.62. The number of carbonyl (C=O) groups excluding carboxylic acids is 1. The van der Waals surface area contributed by atoms with Gasteiger partial charge < -0.3 is 9.84 Å². The van der Waals surface area contributed by atoms with Crippen LogP contribution in [0.2, 0.25) is 0 Å². The topological polar surface area (TPSA) is 46.5 Å². The molecule has 0 saturated heterocycles. The zero-order chi connectivity index (χ0) is 13.2.